The lowest BCUT2D eigenvalue weighted by molar-refractivity contribution is 0.0810. The monoisotopic (exact) mass is 279 g/mol. The third-order valence-electron chi connectivity index (χ3n) is 6.07. The Balaban J connectivity index is 1.85. The van der Waals surface area contributed by atoms with E-state index in [1.807, 2.05) is 0 Å². The molecule has 4 rings (SSSR count). The number of rotatable bonds is 2. The number of hydrogen-bond donors (Lipinski definition) is 0. The second kappa shape index (κ2) is 3.55. The van der Waals surface area contributed by atoms with Gasteiger partial charge in [0.2, 0.25) is 5.28 Å². The van der Waals surface area contributed by atoms with Gasteiger partial charge in [-0.05, 0) is 60.5 Å². The minimum Gasteiger partial charge on any atom is -0.297 e. The van der Waals surface area contributed by atoms with Gasteiger partial charge in [-0.2, -0.15) is 0 Å². The molecule has 3 fully saturated rings. The van der Waals surface area contributed by atoms with Gasteiger partial charge in [0.15, 0.2) is 0 Å². The molecular formula is C15H22ClN3. The predicted molar refractivity (Wildman–Crippen MR) is 75.3 cm³/mol. The molecule has 3 nitrogen and oxygen atoms in total. The van der Waals surface area contributed by atoms with Crippen molar-refractivity contribution in [3.63, 3.8) is 0 Å². The van der Waals surface area contributed by atoms with Gasteiger partial charge in [0, 0.05) is 12.0 Å². The summed E-state index contributed by atoms with van der Waals surface area (Å²) in [6, 6.07) is 0.469. The van der Waals surface area contributed by atoms with E-state index in [4.69, 9.17) is 11.6 Å². The molecule has 4 heteroatoms. The van der Waals surface area contributed by atoms with E-state index in [-0.39, 0.29) is 0 Å². The first-order valence-corrected chi connectivity index (χ1v) is 7.91. The molecule has 3 atom stereocenters. The van der Waals surface area contributed by atoms with Crippen LogP contribution < -0.4 is 0 Å². The third kappa shape index (κ3) is 1.51. The van der Waals surface area contributed by atoms with Crippen molar-refractivity contribution in [2.75, 3.05) is 0 Å². The molecule has 1 heterocycles. The van der Waals surface area contributed by atoms with Gasteiger partial charge in [-0.15, -0.1) is 10.2 Å². The quantitative estimate of drug-likeness (QED) is 0.812. The minimum atomic E-state index is 0.308. The van der Waals surface area contributed by atoms with Gasteiger partial charge >= 0.3 is 0 Å². The summed E-state index contributed by atoms with van der Waals surface area (Å²) in [4.78, 5) is 0. The number of hydrogen-bond acceptors (Lipinski definition) is 2. The van der Waals surface area contributed by atoms with Crippen LogP contribution in [0.15, 0.2) is 0 Å². The summed E-state index contributed by atoms with van der Waals surface area (Å²) in [5, 5.41) is 9.17. The van der Waals surface area contributed by atoms with Crippen LogP contribution >= 0.6 is 11.6 Å². The van der Waals surface area contributed by atoms with Gasteiger partial charge in [-0.1, -0.05) is 20.8 Å². The number of fused-ring (bicyclic) bond motifs is 2. The Labute approximate surface area is 119 Å². The molecule has 1 aromatic heterocycles. The zero-order valence-corrected chi connectivity index (χ0v) is 12.7. The first kappa shape index (κ1) is 12.2. The fourth-order valence-corrected chi connectivity index (χ4v) is 5.28. The van der Waals surface area contributed by atoms with Gasteiger partial charge in [-0.25, -0.2) is 0 Å². The van der Waals surface area contributed by atoms with E-state index >= 15 is 0 Å². The molecule has 3 aliphatic carbocycles. The first-order valence-electron chi connectivity index (χ1n) is 7.54. The zero-order chi connectivity index (χ0) is 13.4. The SMILES string of the molecule is CC12CCC(C1)C(C)(C)C2n1c(Cl)nnc1C1CC1. The third-order valence-corrected chi connectivity index (χ3v) is 6.33. The molecule has 19 heavy (non-hydrogen) atoms. The Bertz CT molecular complexity index is 527. The van der Waals surface area contributed by atoms with Crippen molar-refractivity contribution in [3.8, 4) is 0 Å². The maximum absolute atomic E-state index is 6.41. The van der Waals surface area contributed by atoms with Crippen molar-refractivity contribution in [2.24, 2.45) is 16.7 Å². The Morgan fingerprint density at radius 3 is 2.47 bits per heavy atom. The molecule has 104 valence electrons. The highest BCUT2D eigenvalue weighted by Crippen LogP contribution is 2.68. The molecule has 1 aromatic rings. The smallest absolute Gasteiger partial charge is 0.225 e. The van der Waals surface area contributed by atoms with E-state index in [2.05, 4.69) is 35.5 Å². The van der Waals surface area contributed by atoms with Crippen LogP contribution in [0.3, 0.4) is 0 Å². The van der Waals surface area contributed by atoms with Crippen molar-refractivity contribution < 1.29 is 0 Å². The van der Waals surface area contributed by atoms with Gasteiger partial charge in [0.05, 0.1) is 0 Å². The van der Waals surface area contributed by atoms with Crippen LogP contribution in [0.5, 0.6) is 0 Å². The van der Waals surface area contributed by atoms with Gasteiger partial charge in [0.1, 0.15) is 5.82 Å². The fraction of sp³-hybridized carbons (Fsp3) is 0.867. The van der Waals surface area contributed by atoms with Crippen LogP contribution in [0.2, 0.25) is 5.28 Å². The molecule has 3 aliphatic rings. The second-order valence-electron chi connectivity index (χ2n) is 7.79. The molecule has 0 saturated heterocycles. The van der Waals surface area contributed by atoms with Crippen molar-refractivity contribution >= 4 is 11.6 Å². The standard InChI is InChI=1S/C15H22ClN3/c1-14(2)10-6-7-15(3,8-10)12(14)19-11(9-4-5-9)17-18-13(19)16/h9-10,12H,4-8H2,1-3H3. The minimum absolute atomic E-state index is 0.308. The highest BCUT2D eigenvalue weighted by atomic mass is 35.5. The van der Waals surface area contributed by atoms with E-state index in [0.29, 0.717) is 28.1 Å². The molecule has 0 radical (unpaired) electrons. The fourth-order valence-electron chi connectivity index (χ4n) is 5.06. The Hall–Kier alpha value is -0.570. The molecule has 0 aromatic carbocycles. The maximum atomic E-state index is 6.41. The van der Waals surface area contributed by atoms with Crippen molar-refractivity contribution in [3.05, 3.63) is 11.1 Å². The van der Waals surface area contributed by atoms with Gasteiger partial charge in [-0.3, -0.25) is 4.57 Å². The highest BCUT2D eigenvalue weighted by Gasteiger charge is 2.61. The molecule has 2 bridgehead atoms. The van der Waals surface area contributed by atoms with Crippen LogP contribution in [-0.2, 0) is 0 Å². The van der Waals surface area contributed by atoms with E-state index < -0.39 is 0 Å². The molecule has 0 spiro atoms. The van der Waals surface area contributed by atoms with E-state index in [9.17, 15) is 0 Å². The Kier molecular flexibility index (Phi) is 2.27. The summed E-state index contributed by atoms with van der Waals surface area (Å²) < 4.78 is 2.30. The average molecular weight is 280 g/mol. The van der Waals surface area contributed by atoms with Crippen molar-refractivity contribution in [1.82, 2.24) is 14.8 Å². The molecule has 0 amide bonds. The van der Waals surface area contributed by atoms with E-state index in [1.165, 1.54) is 32.1 Å². The van der Waals surface area contributed by atoms with Gasteiger partial charge < -0.3 is 0 Å². The molecular weight excluding hydrogens is 258 g/mol. The lowest BCUT2D eigenvalue weighted by Crippen LogP contribution is -2.38. The molecule has 3 saturated carbocycles. The summed E-state index contributed by atoms with van der Waals surface area (Å²) in [5.74, 6) is 2.59. The summed E-state index contributed by atoms with van der Waals surface area (Å²) in [7, 11) is 0. The zero-order valence-electron chi connectivity index (χ0n) is 12.0. The number of nitrogens with zero attached hydrogens (tertiary/aromatic N) is 3. The van der Waals surface area contributed by atoms with Crippen LogP contribution in [0.1, 0.15) is 70.7 Å². The second-order valence-corrected chi connectivity index (χ2v) is 8.13. The Morgan fingerprint density at radius 1 is 1.16 bits per heavy atom. The normalized spacial score (nSPS) is 40.0. The molecule has 0 N–H and O–H groups in total. The largest absolute Gasteiger partial charge is 0.297 e. The van der Waals surface area contributed by atoms with Crippen LogP contribution in [-0.4, -0.2) is 14.8 Å². The van der Waals surface area contributed by atoms with Crippen LogP contribution in [0, 0.1) is 16.7 Å². The Morgan fingerprint density at radius 2 is 1.89 bits per heavy atom. The van der Waals surface area contributed by atoms with E-state index in [1.54, 1.807) is 0 Å². The maximum Gasteiger partial charge on any atom is 0.225 e. The lowest BCUT2D eigenvalue weighted by atomic mass is 9.68. The summed E-state index contributed by atoms with van der Waals surface area (Å²) in [6.45, 7) is 7.28. The highest BCUT2D eigenvalue weighted by molar-refractivity contribution is 6.28. The molecule has 3 unspecified atom stereocenters. The van der Waals surface area contributed by atoms with Crippen molar-refractivity contribution in [1.29, 1.82) is 0 Å². The topological polar surface area (TPSA) is 30.7 Å². The molecule has 0 aliphatic heterocycles. The van der Waals surface area contributed by atoms with Gasteiger partial charge in [0.25, 0.3) is 0 Å². The first-order chi connectivity index (χ1) is 8.93. The summed E-state index contributed by atoms with van der Waals surface area (Å²) in [5.41, 5.74) is 0.687. The van der Waals surface area contributed by atoms with E-state index in [0.717, 1.165) is 11.7 Å². The summed E-state index contributed by atoms with van der Waals surface area (Å²) >= 11 is 6.41. The number of aromatic nitrogens is 3. The van der Waals surface area contributed by atoms with Crippen LogP contribution in [0.4, 0.5) is 0 Å². The average Bonchev–Trinajstić information content (AvgIpc) is 2.95. The van der Waals surface area contributed by atoms with Crippen molar-refractivity contribution in [2.45, 2.75) is 64.8 Å². The lowest BCUT2D eigenvalue weighted by Gasteiger charge is -2.44. The number of halogens is 1. The summed E-state index contributed by atoms with van der Waals surface area (Å²) in [6.07, 6.45) is 6.54. The predicted octanol–water partition coefficient (Wildman–Crippen LogP) is 4.20. The van der Waals surface area contributed by atoms with Crippen LogP contribution in [0.25, 0.3) is 0 Å².